The van der Waals surface area contributed by atoms with Crippen LogP contribution in [0.2, 0.25) is 0 Å². The highest BCUT2D eigenvalue weighted by molar-refractivity contribution is 5.72. The summed E-state index contributed by atoms with van der Waals surface area (Å²) in [6.45, 7) is 11.1. The summed E-state index contributed by atoms with van der Waals surface area (Å²) in [4.78, 5) is 17.8. The van der Waals surface area contributed by atoms with E-state index in [1.54, 1.807) is 0 Å². The third kappa shape index (κ3) is 1050. The number of hydrogen-bond donors (Lipinski definition) is 0. The number of rotatable bonds is 0. The molecule has 0 bridgehead atoms. The van der Waals surface area contributed by atoms with E-state index < -0.39 is 4.92 Å². The van der Waals surface area contributed by atoms with Crippen molar-refractivity contribution < 1.29 is 9.72 Å². The van der Waals surface area contributed by atoms with Crippen molar-refractivity contribution in [2.24, 2.45) is 0 Å². The number of ketones is 1. The third-order valence-electron chi connectivity index (χ3n) is 0. The molecule has 0 amide bonds. The molecule has 0 spiro atoms. The lowest BCUT2D eigenvalue weighted by Gasteiger charge is -1.63. The van der Waals surface area contributed by atoms with Gasteiger partial charge in [0.1, 0.15) is 5.78 Å². The zero-order chi connectivity index (χ0) is 11.2. The van der Waals surface area contributed by atoms with E-state index in [0.717, 1.165) is 7.05 Å². The molecule has 0 atom stereocenters. The van der Waals surface area contributed by atoms with E-state index in [4.69, 9.17) is 10.1 Å². The Morgan fingerprint density at radius 1 is 1.08 bits per heavy atom. The van der Waals surface area contributed by atoms with Crippen molar-refractivity contribution in [1.29, 1.82) is 0 Å². The average molecular weight is 195 g/mol. The smallest absolute Gasteiger partial charge is 0.194 e. The molecular weight excluding hydrogens is 170 g/mol. The molecule has 0 saturated carbocycles. The van der Waals surface area contributed by atoms with E-state index in [1.165, 1.54) is 13.8 Å². The van der Waals surface area contributed by atoms with Crippen molar-refractivity contribution in [3.8, 4) is 0 Å². The van der Waals surface area contributed by atoms with E-state index in [2.05, 4.69) is 0 Å². The quantitative estimate of drug-likeness (QED) is 0.440. The standard InChI is InChI=1S/C3H6O.2C2H6.CH3NO2.CH4/c1-3(2)4;2*1-2;1-2(3)4;/h1-2H3;2*1-2H3;1H3;1H4. The van der Waals surface area contributed by atoms with Gasteiger partial charge in [-0.25, -0.2) is 0 Å². The molecule has 0 unspecified atom stereocenters. The maximum atomic E-state index is 9.44. The fraction of sp³-hybridized carbons (Fsp3) is 0.889. The molecule has 0 saturated heterocycles. The molecule has 84 valence electrons. The van der Waals surface area contributed by atoms with Gasteiger partial charge in [0.15, 0.2) is 7.05 Å². The number of hydrogen-bond acceptors (Lipinski definition) is 3. The van der Waals surface area contributed by atoms with Gasteiger partial charge >= 0.3 is 0 Å². The van der Waals surface area contributed by atoms with E-state index in [9.17, 15) is 4.79 Å². The van der Waals surface area contributed by atoms with E-state index in [1.807, 2.05) is 27.7 Å². The minimum Gasteiger partial charge on any atom is -0.300 e. The van der Waals surface area contributed by atoms with Crippen molar-refractivity contribution in [2.45, 2.75) is 49.0 Å². The zero-order valence-corrected chi connectivity index (χ0v) is 9.17. The van der Waals surface area contributed by atoms with E-state index in [0.29, 0.717) is 0 Å². The van der Waals surface area contributed by atoms with Gasteiger partial charge in [-0.1, -0.05) is 35.1 Å². The van der Waals surface area contributed by atoms with E-state index in [-0.39, 0.29) is 13.2 Å². The van der Waals surface area contributed by atoms with Gasteiger partial charge in [-0.15, -0.1) is 0 Å². The van der Waals surface area contributed by atoms with Crippen LogP contribution in [0.5, 0.6) is 0 Å². The summed E-state index contributed by atoms with van der Waals surface area (Å²) in [6.07, 6.45) is 0. The highest BCUT2D eigenvalue weighted by atomic mass is 16.6. The first-order chi connectivity index (χ1) is 5.46. The number of carbonyl (C=O) groups is 1. The summed E-state index contributed by atoms with van der Waals surface area (Å²) >= 11 is 0. The predicted octanol–water partition coefficient (Wildman–Crippen LogP) is 3.18. The molecule has 0 aromatic carbocycles. The van der Waals surface area contributed by atoms with Gasteiger partial charge in [-0.3, -0.25) is 10.1 Å². The zero-order valence-electron chi connectivity index (χ0n) is 9.17. The molecule has 0 fully saturated rings. The molecule has 0 N–H and O–H groups in total. The first-order valence-corrected chi connectivity index (χ1v) is 4.02. The first-order valence-electron chi connectivity index (χ1n) is 4.02. The highest BCUT2D eigenvalue weighted by Gasteiger charge is 1.62. The summed E-state index contributed by atoms with van der Waals surface area (Å²) in [6, 6.07) is 0. The molecule has 0 rings (SSSR count). The largest absolute Gasteiger partial charge is 0.300 e. The lowest BCUT2D eigenvalue weighted by atomic mass is 10.6. The molecule has 0 aliphatic carbocycles. The van der Waals surface area contributed by atoms with Crippen LogP contribution in [0.15, 0.2) is 0 Å². The fourth-order valence-electron chi connectivity index (χ4n) is 0. The maximum Gasteiger partial charge on any atom is 0.194 e. The summed E-state index contributed by atoms with van der Waals surface area (Å²) in [5, 5.41) is 8.81. The fourth-order valence-corrected chi connectivity index (χ4v) is 0. The summed E-state index contributed by atoms with van der Waals surface area (Å²) in [7, 11) is 0.889. The predicted molar refractivity (Wildman–Crippen MR) is 58.7 cm³/mol. The number of nitrogens with zero attached hydrogens (tertiary/aromatic N) is 1. The Hall–Kier alpha value is -0.930. The molecule has 13 heavy (non-hydrogen) atoms. The van der Waals surface area contributed by atoms with Crippen LogP contribution >= 0.6 is 0 Å². The van der Waals surface area contributed by atoms with Crippen LogP contribution in [0.25, 0.3) is 0 Å². The minimum atomic E-state index is -0.500. The third-order valence-corrected chi connectivity index (χ3v) is 0. The number of carbonyl (C=O) groups excluding carboxylic acids is 1. The molecule has 0 aromatic rings. The molecule has 0 aliphatic rings. The van der Waals surface area contributed by atoms with Gasteiger partial charge in [0, 0.05) is 4.92 Å². The van der Waals surface area contributed by atoms with Crippen LogP contribution in [0, 0.1) is 10.1 Å². The summed E-state index contributed by atoms with van der Waals surface area (Å²) in [5.74, 6) is 0.167. The highest BCUT2D eigenvalue weighted by Crippen LogP contribution is 1.50. The first kappa shape index (κ1) is 29.6. The molecular formula is C9H25NO3. The van der Waals surface area contributed by atoms with Crippen molar-refractivity contribution in [3.63, 3.8) is 0 Å². The Morgan fingerprint density at radius 2 is 1.08 bits per heavy atom. The minimum absolute atomic E-state index is 0. The Kier molecular flexibility index (Phi) is 99.4. The SMILES string of the molecule is C.CC.CC.CC(C)=O.C[N+](=O)[O-]. The Bertz CT molecular complexity index is 72.9. The Balaban J connectivity index is -0.0000000226. The molecule has 0 aromatic heterocycles. The molecule has 4 nitrogen and oxygen atoms in total. The van der Waals surface area contributed by atoms with Crippen LogP contribution in [0.4, 0.5) is 0 Å². The van der Waals surface area contributed by atoms with Crippen LogP contribution in [0.1, 0.15) is 49.0 Å². The van der Waals surface area contributed by atoms with Crippen LogP contribution < -0.4 is 0 Å². The Morgan fingerprint density at radius 3 is 1.08 bits per heavy atom. The monoisotopic (exact) mass is 195 g/mol. The van der Waals surface area contributed by atoms with Crippen LogP contribution in [-0.2, 0) is 4.79 Å². The number of Topliss-reactive ketones (excluding diaryl/α,β-unsaturated/α-hetero) is 1. The normalized spacial score (nSPS) is 4.85. The molecule has 0 heterocycles. The van der Waals surface area contributed by atoms with Crippen molar-refractivity contribution in [1.82, 2.24) is 0 Å². The second kappa shape index (κ2) is 43.7. The lowest BCUT2D eigenvalue weighted by molar-refractivity contribution is -0.445. The van der Waals surface area contributed by atoms with Crippen LogP contribution in [-0.4, -0.2) is 17.8 Å². The van der Waals surface area contributed by atoms with Gasteiger partial charge in [-0.05, 0) is 13.8 Å². The second-order valence-corrected chi connectivity index (χ2v) is 1.35. The molecule has 0 radical (unpaired) electrons. The van der Waals surface area contributed by atoms with E-state index >= 15 is 0 Å². The Labute approximate surface area is 82.5 Å². The topological polar surface area (TPSA) is 60.2 Å². The maximum absolute atomic E-state index is 9.44. The van der Waals surface area contributed by atoms with Gasteiger partial charge in [0.2, 0.25) is 0 Å². The van der Waals surface area contributed by atoms with Crippen molar-refractivity contribution in [3.05, 3.63) is 10.1 Å². The van der Waals surface area contributed by atoms with Gasteiger partial charge in [0.05, 0.1) is 0 Å². The summed E-state index contributed by atoms with van der Waals surface area (Å²) < 4.78 is 0. The van der Waals surface area contributed by atoms with Crippen molar-refractivity contribution in [2.75, 3.05) is 7.05 Å². The average Bonchev–Trinajstić information content (AvgIpc) is 1.93. The lowest BCUT2D eigenvalue weighted by Crippen LogP contribution is -1.79. The summed E-state index contributed by atoms with van der Waals surface area (Å²) in [5.41, 5.74) is 0. The van der Waals surface area contributed by atoms with Gasteiger partial charge < -0.3 is 4.79 Å². The van der Waals surface area contributed by atoms with Crippen LogP contribution in [0.3, 0.4) is 0 Å². The van der Waals surface area contributed by atoms with Gasteiger partial charge in [-0.2, -0.15) is 0 Å². The number of nitro groups is 1. The van der Waals surface area contributed by atoms with Crippen molar-refractivity contribution >= 4 is 5.78 Å². The second-order valence-electron chi connectivity index (χ2n) is 1.35. The molecule has 4 heteroatoms. The van der Waals surface area contributed by atoms with Gasteiger partial charge in [0.25, 0.3) is 0 Å². The molecule has 0 aliphatic heterocycles.